The van der Waals surface area contributed by atoms with Gasteiger partial charge in [0.2, 0.25) is 0 Å². The molecule has 0 radical (unpaired) electrons. The maximum atomic E-state index is 13.6. The van der Waals surface area contributed by atoms with E-state index >= 15 is 0 Å². The van der Waals surface area contributed by atoms with Crippen LogP contribution >= 0.6 is 11.6 Å². The Balaban J connectivity index is 2.06. The lowest BCUT2D eigenvalue weighted by molar-refractivity contribution is 0.458. The van der Waals surface area contributed by atoms with E-state index in [2.05, 4.69) is 10.3 Å². The third-order valence-electron chi connectivity index (χ3n) is 3.35. The number of nitrogens with zero attached hydrogens (tertiary/aromatic N) is 1. The highest BCUT2D eigenvalue weighted by atomic mass is 35.5. The van der Waals surface area contributed by atoms with Crippen molar-refractivity contribution in [1.82, 2.24) is 4.98 Å². The van der Waals surface area contributed by atoms with Crippen molar-refractivity contribution in [3.63, 3.8) is 0 Å². The molecule has 2 rings (SSSR count). The second kappa shape index (κ2) is 5.65. The second-order valence-electron chi connectivity index (χ2n) is 4.52. The summed E-state index contributed by atoms with van der Waals surface area (Å²) in [5.41, 5.74) is 5.74. The molecule has 0 amide bonds. The minimum Gasteiger partial charge on any atom is -0.363 e. The number of rotatable bonds is 4. The van der Waals surface area contributed by atoms with E-state index in [1.54, 1.807) is 0 Å². The summed E-state index contributed by atoms with van der Waals surface area (Å²) in [5.74, 6) is 0.350. The lowest BCUT2D eigenvalue weighted by Crippen LogP contribution is -2.35. The van der Waals surface area contributed by atoms with Gasteiger partial charge in [-0.1, -0.05) is 24.4 Å². The Labute approximate surface area is 106 Å². The molecule has 1 fully saturated rings. The van der Waals surface area contributed by atoms with E-state index in [9.17, 15) is 4.39 Å². The third kappa shape index (κ3) is 3.07. The maximum absolute atomic E-state index is 13.6. The molecule has 1 aromatic rings. The van der Waals surface area contributed by atoms with Crippen LogP contribution in [0.1, 0.15) is 25.7 Å². The van der Waals surface area contributed by atoms with Gasteiger partial charge in [-0.15, -0.1) is 0 Å². The number of nitrogens with one attached hydrogen (secondary N) is 1. The second-order valence-corrected chi connectivity index (χ2v) is 4.95. The average molecular weight is 258 g/mol. The lowest BCUT2D eigenvalue weighted by atomic mass is 9.98. The number of hydrogen-bond donors (Lipinski definition) is 2. The Hall–Kier alpha value is -0.870. The van der Waals surface area contributed by atoms with Crippen LogP contribution < -0.4 is 11.1 Å². The van der Waals surface area contributed by atoms with Crippen LogP contribution in [-0.2, 0) is 0 Å². The number of hydrogen-bond acceptors (Lipinski definition) is 3. The number of nitrogens with two attached hydrogens (primary N) is 1. The van der Waals surface area contributed by atoms with Gasteiger partial charge < -0.3 is 11.1 Å². The number of pyridine rings is 1. The molecule has 1 atom stereocenters. The van der Waals surface area contributed by atoms with Crippen LogP contribution in [0.15, 0.2) is 12.3 Å². The topological polar surface area (TPSA) is 50.9 Å². The van der Waals surface area contributed by atoms with Gasteiger partial charge in [-0.05, 0) is 24.8 Å². The van der Waals surface area contributed by atoms with Crippen LogP contribution in [0.4, 0.5) is 10.2 Å². The van der Waals surface area contributed by atoms with Crippen LogP contribution in [0, 0.1) is 11.7 Å². The highest BCUT2D eigenvalue weighted by molar-refractivity contribution is 6.30. The first kappa shape index (κ1) is 12.6. The number of aromatic nitrogens is 1. The fourth-order valence-electron chi connectivity index (χ4n) is 2.43. The quantitative estimate of drug-likeness (QED) is 0.872. The number of anilines is 1. The van der Waals surface area contributed by atoms with Gasteiger partial charge in [0.05, 0.1) is 5.02 Å². The van der Waals surface area contributed by atoms with Crippen LogP contribution in [0.5, 0.6) is 0 Å². The maximum Gasteiger partial charge on any atom is 0.166 e. The van der Waals surface area contributed by atoms with Gasteiger partial charge in [0.15, 0.2) is 11.6 Å². The van der Waals surface area contributed by atoms with E-state index in [1.807, 2.05) is 0 Å². The van der Waals surface area contributed by atoms with Crippen LogP contribution in [0.2, 0.25) is 5.02 Å². The first-order valence-corrected chi connectivity index (χ1v) is 6.36. The van der Waals surface area contributed by atoms with Crippen LogP contribution in [-0.4, -0.2) is 17.6 Å². The molecule has 0 aliphatic heterocycles. The zero-order valence-electron chi connectivity index (χ0n) is 9.63. The molecule has 17 heavy (non-hydrogen) atoms. The fraction of sp³-hybridized carbons (Fsp3) is 0.583. The van der Waals surface area contributed by atoms with Crippen molar-refractivity contribution < 1.29 is 4.39 Å². The highest BCUT2D eigenvalue weighted by Gasteiger charge is 2.24. The van der Waals surface area contributed by atoms with Gasteiger partial charge in [-0.25, -0.2) is 9.37 Å². The summed E-state index contributed by atoms with van der Waals surface area (Å²) in [6.45, 7) is 0.494. The molecule has 0 saturated heterocycles. The first-order valence-electron chi connectivity index (χ1n) is 5.98. The molecule has 1 aliphatic rings. The summed E-state index contributed by atoms with van der Waals surface area (Å²) in [7, 11) is 0. The van der Waals surface area contributed by atoms with Gasteiger partial charge in [0, 0.05) is 18.8 Å². The largest absolute Gasteiger partial charge is 0.363 e. The van der Waals surface area contributed by atoms with Crippen molar-refractivity contribution in [2.45, 2.75) is 31.7 Å². The Morgan fingerprint density at radius 1 is 1.53 bits per heavy atom. The SMILES string of the molecule is NCC(Nc1ncc(Cl)cc1F)C1CCCC1. The fourth-order valence-corrected chi connectivity index (χ4v) is 2.57. The molecule has 3 nitrogen and oxygen atoms in total. The Morgan fingerprint density at radius 3 is 2.82 bits per heavy atom. The third-order valence-corrected chi connectivity index (χ3v) is 3.56. The monoisotopic (exact) mass is 257 g/mol. The molecule has 5 heteroatoms. The van der Waals surface area contributed by atoms with E-state index in [4.69, 9.17) is 17.3 Å². The Kier molecular flexibility index (Phi) is 4.18. The molecular formula is C12H17ClFN3. The molecule has 1 heterocycles. The first-order chi connectivity index (χ1) is 8.20. The van der Waals surface area contributed by atoms with Crippen molar-refractivity contribution >= 4 is 17.4 Å². The molecule has 94 valence electrons. The van der Waals surface area contributed by atoms with E-state index < -0.39 is 5.82 Å². The van der Waals surface area contributed by atoms with Crippen molar-refractivity contribution in [3.8, 4) is 0 Å². The summed E-state index contributed by atoms with van der Waals surface area (Å²) in [4.78, 5) is 3.96. The zero-order chi connectivity index (χ0) is 12.3. The average Bonchev–Trinajstić information content (AvgIpc) is 2.81. The van der Waals surface area contributed by atoms with Crippen molar-refractivity contribution in [3.05, 3.63) is 23.1 Å². The highest BCUT2D eigenvalue weighted by Crippen LogP contribution is 2.29. The molecule has 3 N–H and O–H groups in total. The smallest absolute Gasteiger partial charge is 0.166 e. The van der Waals surface area contributed by atoms with Crippen molar-refractivity contribution in [1.29, 1.82) is 0 Å². The van der Waals surface area contributed by atoms with Gasteiger partial charge in [0.1, 0.15) is 0 Å². The predicted molar refractivity (Wildman–Crippen MR) is 67.6 cm³/mol. The van der Waals surface area contributed by atoms with Crippen molar-refractivity contribution in [2.75, 3.05) is 11.9 Å². The number of halogens is 2. The van der Waals surface area contributed by atoms with Crippen LogP contribution in [0.3, 0.4) is 0 Å². The molecular weight excluding hydrogens is 241 g/mol. The summed E-state index contributed by atoms with van der Waals surface area (Å²) >= 11 is 5.66. The molecule has 1 aliphatic carbocycles. The summed E-state index contributed by atoms with van der Waals surface area (Å²) in [6.07, 6.45) is 6.22. The Morgan fingerprint density at radius 2 is 2.24 bits per heavy atom. The molecule has 0 spiro atoms. The molecule has 1 aromatic heterocycles. The van der Waals surface area contributed by atoms with E-state index in [1.165, 1.54) is 25.1 Å². The van der Waals surface area contributed by atoms with Gasteiger partial charge in [-0.2, -0.15) is 0 Å². The van der Waals surface area contributed by atoms with Gasteiger partial charge in [0.25, 0.3) is 0 Å². The molecule has 0 aromatic carbocycles. The lowest BCUT2D eigenvalue weighted by Gasteiger charge is -2.23. The normalized spacial score (nSPS) is 18.3. The zero-order valence-corrected chi connectivity index (χ0v) is 10.4. The standard InChI is InChI=1S/C12H17ClFN3/c13-9-5-10(14)12(16-7-9)17-11(6-15)8-3-1-2-4-8/h5,7-8,11H,1-4,6,15H2,(H,16,17). The predicted octanol–water partition coefficient (Wildman–Crippen LogP) is 2.80. The van der Waals surface area contributed by atoms with E-state index in [-0.39, 0.29) is 11.9 Å². The van der Waals surface area contributed by atoms with E-state index in [0.717, 1.165) is 12.8 Å². The van der Waals surface area contributed by atoms with Gasteiger partial charge >= 0.3 is 0 Å². The minimum atomic E-state index is -0.422. The summed E-state index contributed by atoms with van der Waals surface area (Å²) in [5, 5.41) is 3.40. The van der Waals surface area contributed by atoms with Crippen molar-refractivity contribution in [2.24, 2.45) is 11.7 Å². The Bertz CT molecular complexity index is 380. The molecule has 1 unspecified atom stereocenters. The van der Waals surface area contributed by atoms with E-state index in [0.29, 0.717) is 17.5 Å². The molecule has 0 bridgehead atoms. The molecule has 1 saturated carbocycles. The summed E-state index contributed by atoms with van der Waals surface area (Å²) < 4.78 is 13.6. The minimum absolute atomic E-state index is 0.0978. The summed E-state index contributed by atoms with van der Waals surface area (Å²) in [6, 6.07) is 1.36. The van der Waals surface area contributed by atoms with Crippen LogP contribution in [0.25, 0.3) is 0 Å². The van der Waals surface area contributed by atoms with Gasteiger partial charge in [-0.3, -0.25) is 0 Å².